The minimum absolute atomic E-state index is 0.429. The van der Waals surface area contributed by atoms with Gasteiger partial charge in [-0.05, 0) is 47.5 Å². The number of rotatable bonds is 6. The van der Waals surface area contributed by atoms with Gasteiger partial charge in [-0.1, -0.05) is 35.9 Å². The summed E-state index contributed by atoms with van der Waals surface area (Å²) in [7, 11) is 0. The number of hydrogen-bond donors (Lipinski definition) is 1. The average Bonchev–Trinajstić information content (AvgIpc) is 3.25. The Morgan fingerprint density at radius 3 is 2.82 bits per heavy atom. The molecule has 2 heterocycles. The number of nitrogens with one attached hydrogen (secondary N) is 1. The molecule has 0 bridgehead atoms. The van der Waals surface area contributed by atoms with Gasteiger partial charge in [-0.15, -0.1) is 5.10 Å². The average molecular weight is 393 g/mol. The molecule has 0 amide bonds. The van der Waals surface area contributed by atoms with Gasteiger partial charge < -0.3 is 9.73 Å². The first-order chi connectivity index (χ1) is 13.8. The Morgan fingerprint density at radius 1 is 1.11 bits per heavy atom. The van der Waals surface area contributed by atoms with Crippen LogP contribution in [0.3, 0.4) is 0 Å². The number of aromatic nitrogens is 5. The van der Waals surface area contributed by atoms with E-state index in [2.05, 4.69) is 25.8 Å². The summed E-state index contributed by atoms with van der Waals surface area (Å²) in [6.07, 6.45) is 3.98. The monoisotopic (exact) mass is 392 g/mol. The molecule has 0 saturated heterocycles. The molecule has 0 atom stereocenters. The first-order valence-electron chi connectivity index (χ1n) is 9.09. The minimum Gasteiger partial charge on any atom is -0.439 e. The molecule has 28 heavy (non-hydrogen) atoms. The molecule has 1 fully saturated rings. The summed E-state index contributed by atoms with van der Waals surface area (Å²) in [5, 5.41) is 16.1. The van der Waals surface area contributed by atoms with Crippen LogP contribution in [0.15, 0.2) is 59.1 Å². The van der Waals surface area contributed by atoms with Crippen LogP contribution in [0, 0.1) is 0 Å². The maximum Gasteiger partial charge on any atom is 0.214 e. The van der Waals surface area contributed by atoms with Crippen molar-refractivity contribution in [1.82, 2.24) is 25.2 Å². The summed E-state index contributed by atoms with van der Waals surface area (Å²) in [6.45, 7) is 0.470. The maximum absolute atomic E-state index is 6.04. The highest BCUT2D eigenvalue weighted by Crippen LogP contribution is 2.36. The molecule has 7 nitrogen and oxygen atoms in total. The van der Waals surface area contributed by atoms with Gasteiger partial charge in [0.1, 0.15) is 0 Å². The van der Waals surface area contributed by atoms with Crippen LogP contribution in [-0.2, 0) is 6.54 Å². The molecule has 1 N–H and O–H groups in total. The molecule has 1 aliphatic rings. The topological polar surface area (TPSA) is 81.7 Å². The fourth-order valence-corrected chi connectivity index (χ4v) is 3.25. The van der Waals surface area contributed by atoms with Crippen molar-refractivity contribution in [3.05, 3.63) is 65.6 Å². The maximum atomic E-state index is 6.04. The van der Waals surface area contributed by atoms with Crippen LogP contribution in [0.5, 0.6) is 0 Å². The standard InChI is InChI=1S/C20H17ClN6O/c21-15-5-1-3-13(9-15)18-11-23-19(28-18)12-22-16-6-2-4-14(10-16)20-24-25-26-27(20)17-7-8-17/h1-6,9-11,17,22H,7-8,12H2. The van der Waals surface area contributed by atoms with Gasteiger partial charge in [0.15, 0.2) is 11.6 Å². The van der Waals surface area contributed by atoms with E-state index in [1.54, 1.807) is 6.20 Å². The van der Waals surface area contributed by atoms with Crippen molar-refractivity contribution >= 4 is 17.3 Å². The lowest BCUT2D eigenvalue weighted by Crippen LogP contribution is -2.02. The quantitative estimate of drug-likeness (QED) is 0.516. The number of nitrogens with zero attached hydrogens (tertiary/aromatic N) is 5. The molecule has 1 saturated carbocycles. The van der Waals surface area contributed by atoms with Gasteiger partial charge in [-0.25, -0.2) is 9.67 Å². The summed E-state index contributed by atoms with van der Waals surface area (Å²) in [4.78, 5) is 4.35. The molecular weight excluding hydrogens is 376 g/mol. The van der Waals surface area contributed by atoms with Crippen LogP contribution in [0.4, 0.5) is 5.69 Å². The Balaban J connectivity index is 1.30. The van der Waals surface area contributed by atoms with Gasteiger partial charge in [0.25, 0.3) is 0 Å². The zero-order chi connectivity index (χ0) is 18.9. The number of oxazole rings is 1. The predicted octanol–water partition coefficient (Wildman–Crippen LogP) is 4.60. The van der Waals surface area contributed by atoms with Gasteiger partial charge in [-0.3, -0.25) is 0 Å². The van der Waals surface area contributed by atoms with Crippen LogP contribution in [0.2, 0.25) is 5.02 Å². The van der Waals surface area contributed by atoms with Crippen molar-refractivity contribution < 1.29 is 4.42 Å². The predicted molar refractivity (Wildman–Crippen MR) is 106 cm³/mol. The summed E-state index contributed by atoms with van der Waals surface area (Å²) in [5.41, 5.74) is 2.83. The first-order valence-corrected chi connectivity index (χ1v) is 9.47. The Labute approximate surface area is 166 Å². The van der Waals surface area contributed by atoms with Crippen molar-refractivity contribution in [2.24, 2.45) is 0 Å². The third kappa shape index (κ3) is 3.48. The molecule has 8 heteroatoms. The van der Waals surface area contributed by atoms with Gasteiger partial charge >= 0.3 is 0 Å². The summed E-state index contributed by atoms with van der Waals surface area (Å²) >= 11 is 6.04. The number of benzene rings is 2. The van der Waals surface area contributed by atoms with Crippen molar-refractivity contribution in [3.63, 3.8) is 0 Å². The molecule has 0 radical (unpaired) electrons. The highest BCUT2D eigenvalue weighted by molar-refractivity contribution is 6.30. The zero-order valence-electron chi connectivity index (χ0n) is 14.9. The number of tetrazole rings is 1. The van der Waals surface area contributed by atoms with Crippen molar-refractivity contribution in [3.8, 4) is 22.7 Å². The van der Waals surface area contributed by atoms with E-state index in [4.69, 9.17) is 16.0 Å². The fourth-order valence-electron chi connectivity index (χ4n) is 3.06. The molecule has 2 aromatic heterocycles. The SMILES string of the molecule is Clc1cccc(-c2cnc(CNc3cccc(-c4nnnn4C4CC4)c3)o2)c1. The second kappa shape index (κ2) is 7.09. The smallest absolute Gasteiger partial charge is 0.214 e. The van der Waals surface area contributed by atoms with E-state index in [1.165, 1.54) is 0 Å². The Kier molecular flexibility index (Phi) is 4.29. The van der Waals surface area contributed by atoms with Crippen molar-refractivity contribution in [1.29, 1.82) is 0 Å². The molecule has 2 aromatic carbocycles. The Bertz CT molecular complexity index is 1120. The van der Waals surface area contributed by atoms with E-state index in [0.717, 1.165) is 35.5 Å². The highest BCUT2D eigenvalue weighted by Gasteiger charge is 2.28. The minimum atomic E-state index is 0.429. The van der Waals surface area contributed by atoms with Crippen LogP contribution in [-0.4, -0.2) is 25.2 Å². The molecule has 0 spiro atoms. The lowest BCUT2D eigenvalue weighted by atomic mass is 10.2. The molecule has 140 valence electrons. The molecule has 1 aliphatic carbocycles. The van der Waals surface area contributed by atoms with Gasteiger partial charge in [-0.2, -0.15) is 0 Å². The molecule has 4 aromatic rings. The molecule has 5 rings (SSSR count). The lowest BCUT2D eigenvalue weighted by Gasteiger charge is -2.07. The molecule has 0 aliphatic heterocycles. The number of halogens is 1. The largest absolute Gasteiger partial charge is 0.439 e. The zero-order valence-corrected chi connectivity index (χ0v) is 15.7. The second-order valence-corrected chi connectivity index (χ2v) is 7.18. The normalized spacial score (nSPS) is 13.6. The fraction of sp³-hybridized carbons (Fsp3) is 0.200. The van der Waals surface area contributed by atoms with Gasteiger partial charge in [0.05, 0.1) is 18.8 Å². The van der Waals surface area contributed by atoms with Crippen LogP contribution in [0.1, 0.15) is 24.8 Å². The van der Waals surface area contributed by atoms with E-state index in [1.807, 2.05) is 53.2 Å². The van der Waals surface area contributed by atoms with E-state index >= 15 is 0 Å². The van der Waals surface area contributed by atoms with E-state index in [0.29, 0.717) is 29.3 Å². The highest BCUT2D eigenvalue weighted by atomic mass is 35.5. The molecule has 0 unspecified atom stereocenters. The lowest BCUT2D eigenvalue weighted by molar-refractivity contribution is 0.516. The summed E-state index contributed by atoms with van der Waals surface area (Å²) in [6, 6.07) is 16.0. The first kappa shape index (κ1) is 16.9. The van der Waals surface area contributed by atoms with Gasteiger partial charge in [0, 0.05) is 21.8 Å². The van der Waals surface area contributed by atoms with E-state index < -0.39 is 0 Å². The van der Waals surface area contributed by atoms with Gasteiger partial charge in [0.2, 0.25) is 5.89 Å². The van der Waals surface area contributed by atoms with Crippen LogP contribution < -0.4 is 5.32 Å². The summed E-state index contributed by atoms with van der Waals surface area (Å²) < 4.78 is 7.75. The number of anilines is 1. The summed E-state index contributed by atoms with van der Waals surface area (Å²) in [5.74, 6) is 2.09. The van der Waals surface area contributed by atoms with Crippen LogP contribution >= 0.6 is 11.6 Å². The van der Waals surface area contributed by atoms with E-state index in [-0.39, 0.29) is 0 Å². The van der Waals surface area contributed by atoms with Crippen molar-refractivity contribution in [2.75, 3.05) is 5.32 Å². The van der Waals surface area contributed by atoms with E-state index in [9.17, 15) is 0 Å². The third-order valence-corrected chi connectivity index (χ3v) is 4.85. The number of hydrogen-bond acceptors (Lipinski definition) is 6. The second-order valence-electron chi connectivity index (χ2n) is 6.74. The molecular formula is C20H17ClN6O. The van der Waals surface area contributed by atoms with Crippen LogP contribution in [0.25, 0.3) is 22.7 Å². The Morgan fingerprint density at radius 2 is 1.96 bits per heavy atom. The third-order valence-electron chi connectivity index (χ3n) is 4.61. The van der Waals surface area contributed by atoms with Crippen molar-refractivity contribution in [2.45, 2.75) is 25.4 Å². The Hall–Kier alpha value is -3.19.